The van der Waals surface area contributed by atoms with Crippen molar-refractivity contribution in [2.45, 2.75) is 30.1 Å². The largest absolute Gasteiger partial charge is 0.394 e. The van der Waals surface area contributed by atoms with Crippen molar-refractivity contribution in [1.29, 1.82) is 0 Å². The maximum Gasteiger partial charge on any atom is 0.0611 e. The summed E-state index contributed by atoms with van der Waals surface area (Å²) in [4.78, 5) is 0. The van der Waals surface area contributed by atoms with Gasteiger partial charge in [0.05, 0.1) is 6.61 Å². The van der Waals surface area contributed by atoms with E-state index in [9.17, 15) is 0 Å². The van der Waals surface area contributed by atoms with E-state index in [1.165, 1.54) is 0 Å². The fourth-order valence-corrected chi connectivity index (χ4v) is 2.30. The van der Waals surface area contributed by atoms with Gasteiger partial charge in [0.2, 0.25) is 0 Å². The molecule has 0 heterocycles. The van der Waals surface area contributed by atoms with Gasteiger partial charge in [-0.25, -0.2) is 0 Å². The van der Waals surface area contributed by atoms with Crippen LogP contribution in [0.1, 0.15) is 19.3 Å². The van der Waals surface area contributed by atoms with Gasteiger partial charge in [0.1, 0.15) is 0 Å². The van der Waals surface area contributed by atoms with Crippen LogP contribution in [0.15, 0.2) is 0 Å². The number of rotatable bonds is 2. The van der Waals surface area contributed by atoms with Gasteiger partial charge in [0.25, 0.3) is 0 Å². The van der Waals surface area contributed by atoms with Crippen molar-refractivity contribution in [2.24, 2.45) is 5.73 Å². The first-order chi connectivity index (χ1) is 4.70. The molecule has 0 spiro atoms. The molecule has 0 aromatic heterocycles. The van der Waals surface area contributed by atoms with Crippen molar-refractivity contribution in [3.05, 3.63) is 0 Å². The lowest BCUT2D eigenvalue weighted by atomic mass is 10.0. The normalized spacial score (nSPS) is 40.5. The fourth-order valence-electron chi connectivity index (χ4n) is 1.45. The first kappa shape index (κ1) is 8.37. The second kappa shape index (κ2) is 3.11. The van der Waals surface area contributed by atoms with Gasteiger partial charge in [-0.05, 0) is 25.5 Å². The maximum atomic E-state index is 8.90. The molecule has 1 aliphatic rings. The van der Waals surface area contributed by atoms with Crippen LogP contribution in [0.2, 0.25) is 0 Å². The first-order valence-electron chi connectivity index (χ1n) is 3.63. The summed E-state index contributed by atoms with van der Waals surface area (Å²) < 4.78 is 0. The molecule has 1 rings (SSSR count). The number of nitrogens with two attached hydrogens (primary N) is 1. The molecule has 0 amide bonds. The smallest absolute Gasteiger partial charge is 0.0611 e. The minimum absolute atomic E-state index is 0.143. The third kappa shape index (κ3) is 1.65. The van der Waals surface area contributed by atoms with Gasteiger partial charge >= 0.3 is 0 Å². The fraction of sp³-hybridized carbons (Fsp3) is 1.00. The zero-order valence-corrected chi connectivity index (χ0v) is 7.16. The summed E-state index contributed by atoms with van der Waals surface area (Å²) in [5, 5.41) is 9.58. The van der Waals surface area contributed by atoms with Crippen LogP contribution in [0.3, 0.4) is 0 Å². The number of hydrogen-bond acceptors (Lipinski definition) is 3. The van der Waals surface area contributed by atoms with Crippen LogP contribution < -0.4 is 5.73 Å². The summed E-state index contributed by atoms with van der Waals surface area (Å²) in [7, 11) is 0. The van der Waals surface area contributed by atoms with E-state index in [0.717, 1.165) is 19.3 Å². The predicted octanol–water partition coefficient (Wildman–Crippen LogP) is 0.592. The van der Waals surface area contributed by atoms with Crippen molar-refractivity contribution in [1.82, 2.24) is 0 Å². The predicted molar refractivity (Wildman–Crippen MR) is 45.2 cm³/mol. The van der Waals surface area contributed by atoms with Crippen LogP contribution in [-0.4, -0.2) is 28.8 Å². The lowest BCUT2D eigenvalue weighted by Gasteiger charge is -2.20. The van der Waals surface area contributed by atoms with E-state index in [-0.39, 0.29) is 12.1 Å². The Bertz CT molecular complexity index is 120. The highest BCUT2D eigenvalue weighted by Gasteiger charge is 2.34. The molecule has 3 heteroatoms. The molecule has 1 aliphatic carbocycles. The highest BCUT2D eigenvalue weighted by molar-refractivity contribution is 7.99. The van der Waals surface area contributed by atoms with Gasteiger partial charge < -0.3 is 10.8 Å². The van der Waals surface area contributed by atoms with Gasteiger partial charge in [0, 0.05) is 10.8 Å². The quantitative estimate of drug-likeness (QED) is 0.623. The van der Waals surface area contributed by atoms with Gasteiger partial charge in [0.15, 0.2) is 0 Å². The third-order valence-corrected chi connectivity index (χ3v) is 3.32. The van der Waals surface area contributed by atoms with E-state index < -0.39 is 0 Å². The first-order valence-corrected chi connectivity index (χ1v) is 4.91. The Morgan fingerprint density at radius 1 is 1.80 bits per heavy atom. The molecule has 0 radical (unpaired) electrons. The number of aliphatic hydroxyl groups excluding tert-OH is 1. The maximum absolute atomic E-state index is 8.90. The highest BCUT2D eigenvalue weighted by atomic mass is 32.2. The molecule has 0 saturated heterocycles. The van der Waals surface area contributed by atoms with E-state index in [1.54, 1.807) is 0 Å². The molecule has 1 fully saturated rings. The Balaban J connectivity index is 2.41. The van der Waals surface area contributed by atoms with Gasteiger partial charge in [-0.15, -0.1) is 0 Å². The van der Waals surface area contributed by atoms with Gasteiger partial charge in [-0.1, -0.05) is 0 Å². The molecule has 0 aliphatic heterocycles. The number of hydrogen-bond donors (Lipinski definition) is 2. The molecule has 0 bridgehead atoms. The SMILES string of the molecule is CSC1CCC(N)(CO)C1. The Kier molecular flexibility index (Phi) is 2.61. The minimum atomic E-state index is -0.256. The zero-order valence-electron chi connectivity index (χ0n) is 6.34. The van der Waals surface area contributed by atoms with Crippen LogP contribution in [0.25, 0.3) is 0 Å². The molecule has 60 valence electrons. The van der Waals surface area contributed by atoms with Gasteiger partial charge in [-0.2, -0.15) is 11.8 Å². The molecule has 2 unspecified atom stereocenters. The highest BCUT2D eigenvalue weighted by Crippen LogP contribution is 2.33. The standard InChI is InChI=1S/C7H15NOS/c1-10-6-2-3-7(8,4-6)5-9/h6,9H,2-5,8H2,1H3. The van der Waals surface area contributed by atoms with Crippen LogP contribution in [0.5, 0.6) is 0 Å². The summed E-state index contributed by atoms with van der Waals surface area (Å²) in [6.07, 6.45) is 5.23. The summed E-state index contributed by atoms with van der Waals surface area (Å²) in [6, 6.07) is 0. The number of thioether (sulfide) groups is 1. The van der Waals surface area contributed by atoms with E-state index in [4.69, 9.17) is 10.8 Å². The van der Waals surface area contributed by atoms with E-state index >= 15 is 0 Å². The zero-order chi connectivity index (χ0) is 7.61. The van der Waals surface area contributed by atoms with Crippen molar-refractivity contribution in [3.63, 3.8) is 0 Å². The van der Waals surface area contributed by atoms with E-state index in [2.05, 4.69) is 6.26 Å². The third-order valence-electron chi connectivity index (χ3n) is 2.25. The Morgan fingerprint density at radius 2 is 2.50 bits per heavy atom. The second-order valence-electron chi connectivity index (χ2n) is 3.12. The molecule has 3 N–H and O–H groups in total. The van der Waals surface area contributed by atoms with Crippen LogP contribution in [0.4, 0.5) is 0 Å². The van der Waals surface area contributed by atoms with Gasteiger partial charge in [-0.3, -0.25) is 0 Å². The van der Waals surface area contributed by atoms with Crippen LogP contribution in [-0.2, 0) is 0 Å². The molecule has 2 nitrogen and oxygen atoms in total. The average Bonchev–Trinajstić information content (AvgIpc) is 2.33. The van der Waals surface area contributed by atoms with E-state index in [1.807, 2.05) is 11.8 Å². The summed E-state index contributed by atoms with van der Waals surface area (Å²) >= 11 is 1.86. The molecule has 0 aromatic rings. The Hall–Kier alpha value is 0.270. The Morgan fingerprint density at radius 3 is 2.80 bits per heavy atom. The number of aliphatic hydroxyl groups is 1. The van der Waals surface area contributed by atoms with Crippen molar-refractivity contribution < 1.29 is 5.11 Å². The monoisotopic (exact) mass is 161 g/mol. The molecular weight excluding hydrogens is 146 g/mol. The molecule has 1 saturated carbocycles. The molecule has 10 heavy (non-hydrogen) atoms. The van der Waals surface area contributed by atoms with E-state index in [0.29, 0.717) is 5.25 Å². The lowest BCUT2D eigenvalue weighted by Crippen LogP contribution is -2.40. The average molecular weight is 161 g/mol. The van der Waals surface area contributed by atoms with Crippen LogP contribution >= 0.6 is 11.8 Å². The molecule has 2 atom stereocenters. The Labute approximate surface area is 66.2 Å². The van der Waals surface area contributed by atoms with Crippen molar-refractivity contribution in [2.75, 3.05) is 12.9 Å². The van der Waals surface area contributed by atoms with Crippen molar-refractivity contribution in [3.8, 4) is 0 Å². The summed E-state index contributed by atoms with van der Waals surface area (Å²) in [5.74, 6) is 0. The van der Waals surface area contributed by atoms with Crippen molar-refractivity contribution >= 4 is 11.8 Å². The second-order valence-corrected chi connectivity index (χ2v) is 4.26. The molecular formula is C7H15NOS. The van der Waals surface area contributed by atoms with Crippen LogP contribution in [0, 0.1) is 0 Å². The summed E-state index contributed by atoms with van der Waals surface area (Å²) in [6.45, 7) is 0.143. The summed E-state index contributed by atoms with van der Waals surface area (Å²) in [5.41, 5.74) is 5.60. The minimum Gasteiger partial charge on any atom is -0.394 e. The lowest BCUT2D eigenvalue weighted by molar-refractivity contribution is 0.200. The molecule has 0 aromatic carbocycles. The topological polar surface area (TPSA) is 46.2 Å².